The number of aromatic nitrogens is 2. The Bertz CT molecular complexity index is 777. The Hall–Kier alpha value is -2.63. The number of methoxy groups -OCH3 is 1. The van der Waals surface area contributed by atoms with Crippen molar-refractivity contribution in [2.75, 3.05) is 38.2 Å². The molecule has 28 heavy (non-hydrogen) atoms. The van der Waals surface area contributed by atoms with Crippen molar-refractivity contribution in [1.29, 1.82) is 0 Å². The lowest BCUT2D eigenvalue weighted by molar-refractivity contribution is -0.132. The second-order valence-electron chi connectivity index (χ2n) is 7.73. The van der Waals surface area contributed by atoms with E-state index in [1.54, 1.807) is 7.11 Å². The summed E-state index contributed by atoms with van der Waals surface area (Å²) in [7, 11) is 1.66. The van der Waals surface area contributed by atoms with Crippen molar-refractivity contribution >= 4 is 11.7 Å². The molecule has 2 fully saturated rings. The van der Waals surface area contributed by atoms with Crippen molar-refractivity contribution in [2.24, 2.45) is 5.92 Å². The zero-order chi connectivity index (χ0) is 19.3. The first-order chi connectivity index (χ1) is 13.7. The van der Waals surface area contributed by atoms with E-state index in [1.165, 1.54) is 25.7 Å². The lowest BCUT2D eigenvalue weighted by atomic mass is 10.0. The highest BCUT2D eigenvalue weighted by Gasteiger charge is 2.25. The highest BCUT2D eigenvalue weighted by atomic mass is 16.5. The molecule has 0 bridgehead atoms. The molecule has 2 aliphatic rings. The van der Waals surface area contributed by atoms with Crippen LogP contribution in [0.2, 0.25) is 0 Å². The molecule has 1 saturated carbocycles. The van der Waals surface area contributed by atoms with E-state index in [0.29, 0.717) is 11.8 Å². The Morgan fingerprint density at radius 1 is 1.00 bits per heavy atom. The molecule has 1 aliphatic heterocycles. The van der Waals surface area contributed by atoms with E-state index in [2.05, 4.69) is 15.1 Å². The minimum Gasteiger partial charge on any atom is -0.497 e. The van der Waals surface area contributed by atoms with E-state index in [-0.39, 0.29) is 0 Å². The van der Waals surface area contributed by atoms with Gasteiger partial charge in [0.25, 0.3) is 0 Å². The van der Waals surface area contributed by atoms with Gasteiger partial charge >= 0.3 is 0 Å². The Morgan fingerprint density at radius 3 is 2.32 bits per heavy atom. The molecule has 1 aromatic carbocycles. The van der Waals surface area contributed by atoms with Crippen LogP contribution in [-0.2, 0) is 4.79 Å². The summed E-state index contributed by atoms with van der Waals surface area (Å²) in [6.07, 6.45) is 5.76. The standard InChI is InChI=1S/C22H28N4O2/c1-28-19-8-6-18(7-9-19)20-10-11-21(24-23-20)25-12-14-26(15-13-25)22(27)16-17-4-2-3-5-17/h6-11,17H,2-5,12-16H2,1H3. The summed E-state index contributed by atoms with van der Waals surface area (Å²) in [4.78, 5) is 16.7. The molecule has 148 valence electrons. The molecule has 2 aromatic rings. The van der Waals surface area contributed by atoms with Crippen LogP contribution in [0.5, 0.6) is 5.75 Å². The maximum Gasteiger partial charge on any atom is 0.222 e. The number of benzene rings is 1. The smallest absolute Gasteiger partial charge is 0.222 e. The third-order valence-corrected chi connectivity index (χ3v) is 5.93. The third-order valence-electron chi connectivity index (χ3n) is 5.93. The van der Waals surface area contributed by atoms with Gasteiger partial charge in [0.2, 0.25) is 5.91 Å². The molecule has 0 atom stereocenters. The Labute approximate surface area is 166 Å². The van der Waals surface area contributed by atoms with E-state index in [0.717, 1.165) is 55.4 Å². The van der Waals surface area contributed by atoms with Crippen LogP contribution in [-0.4, -0.2) is 54.3 Å². The molecule has 1 aromatic heterocycles. The van der Waals surface area contributed by atoms with Crippen LogP contribution in [0.25, 0.3) is 11.3 Å². The van der Waals surface area contributed by atoms with Gasteiger partial charge in [0.05, 0.1) is 12.8 Å². The number of rotatable bonds is 5. The lowest BCUT2D eigenvalue weighted by Crippen LogP contribution is -2.49. The van der Waals surface area contributed by atoms with Crippen molar-refractivity contribution in [3.05, 3.63) is 36.4 Å². The monoisotopic (exact) mass is 380 g/mol. The van der Waals surface area contributed by atoms with Crippen LogP contribution < -0.4 is 9.64 Å². The predicted octanol–water partition coefficient (Wildman–Crippen LogP) is 3.38. The zero-order valence-corrected chi connectivity index (χ0v) is 16.5. The van der Waals surface area contributed by atoms with Gasteiger partial charge in [0.1, 0.15) is 5.75 Å². The number of anilines is 1. The van der Waals surface area contributed by atoms with Crippen LogP contribution >= 0.6 is 0 Å². The normalized spacial score (nSPS) is 17.8. The van der Waals surface area contributed by atoms with Crippen LogP contribution in [0.3, 0.4) is 0 Å². The van der Waals surface area contributed by atoms with Crippen LogP contribution in [0.4, 0.5) is 5.82 Å². The summed E-state index contributed by atoms with van der Waals surface area (Å²) >= 11 is 0. The quantitative estimate of drug-likeness (QED) is 0.796. The number of hydrogen-bond acceptors (Lipinski definition) is 5. The largest absolute Gasteiger partial charge is 0.497 e. The van der Waals surface area contributed by atoms with Crippen molar-refractivity contribution in [2.45, 2.75) is 32.1 Å². The SMILES string of the molecule is COc1ccc(-c2ccc(N3CCN(C(=O)CC4CCCC4)CC3)nn2)cc1. The molecular weight excluding hydrogens is 352 g/mol. The Kier molecular flexibility index (Phi) is 5.74. The summed E-state index contributed by atoms with van der Waals surface area (Å²) in [5.41, 5.74) is 1.86. The first kappa shape index (κ1) is 18.7. The van der Waals surface area contributed by atoms with Gasteiger partial charge in [-0.25, -0.2) is 0 Å². The first-order valence-electron chi connectivity index (χ1n) is 10.2. The number of carbonyl (C=O) groups excluding carboxylic acids is 1. The van der Waals surface area contributed by atoms with Gasteiger partial charge in [0.15, 0.2) is 5.82 Å². The van der Waals surface area contributed by atoms with Crippen molar-refractivity contribution < 1.29 is 9.53 Å². The summed E-state index contributed by atoms with van der Waals surface area (Å²) in [6.45, 7) is 3.17. The molecule has 4 rings (SSSR count). The summed E-state index contributed by atoms with van der Waals surface area (Å²) in [5, 5.41) is 8.80. The molecule has 0 spiro atoms. The fraction of sp³-hybridized carbons (Fsp3) is 0.500. The van der Waals surface area contributed by atoms with Crippen LogP contribution in [0.1, 0.15) is 32.1 Å². The second kappa shape index (κ2) is 8.59. The van der Waals surface area contributed by atoms with Gasteiger partial charge in [-0.3, -0.25) is 4.79 Å². The minimum absolute atomic E-state index is 0.326. The van der Waals surface area contributed by atoms with Gasteiger partial charge in [-0.2, -0.15) is 0 Å². The van der Waals surface area contributed by atoms with E-state index in [1.807, 2.05) is 41.3 Å². The molecule has 1 aliphatic carbocycles. The first-order valence-corrected chi connectivity index (χ1v) is 10.2. The molecule has 6 nitrogen and oxygen atoms in total. The molecule has 1 amide bonds. The van der Waals surface area contributed by atoms with Crippen LogP contribution in [0.15, 0.2) is 36.4 Å². The van der Waals surface area contributed by atoms with Gasteiger partial charge in [-0.15, -0.1) is 10.2 Å². The van der Waals surface area contributed by atoms with Gasteiger partial charge in [0, 0.05) is 38.2 Å². The van der Waals surface area contributed by atoms with E-state index >= 15 is 0 Å². The fourth-order valence-electron chi connectivity index (χ4n) is 4.19. The number of hydrogen-bond donors (Lipinski definition) is 0. The van der Waals surface area contributed by atoms with Crippen LogP contribution in [0, 0.1) is 5.92 Å². The summed E-state index contributed by atoms with van der Waals surface area (Å²) < 4.78 is 5.20. The highest BCUT2D eigenvalue weighted by molar-refractivity contribution is 5.76. The maximum absolute atomic E-state index is 12.5. The Morgan fingerprint density at radius 2 is 1.71 bits per heavy atom. The maximum atomic E-state index is 12.5. The minimum atomic E-state index is 0.326. The average molecular weight is 380 g/mol. The van der Waals surface area contributed by atoms with Crippen molar-refractivity contribution in [3.63, 3.8) is 0 Å². The number of nitrogens with zero attached hydrogens (tertiary/aromatic N) is 4. The Balaban J connectivity index is 1.32. The average Bonchev–Trinajstić information content (AvgIpc) is 3.27. The van der Waals surface area contributed by atoms with E-state index in [4.69, 9.17) is 4.74 Å². The summed E-state index contributed by atoms with van der Waals surface area (Å²) in [5.74, 6) is 2.64. The number of carbonyl (C=O) groups is 1. The van der Waals surface area contributed by atoms with Gasteiger partial charge in [-0.05, 0) is 55.2 Å². The molecule has 0 unspecified atom stereocenters. The molecule has 2 heterocycles. The summed E-state index contributed by atoms with van der Waals surface area (Å²) in [6, 6.07) is 11.8. The van der Waals surface area contributed by atoms with Crippen molar-refractivity contribution in [1.82, 2.24) is 15.1 Å². The van der Waals surface area contributed by atoms with Gasteiger partial charge in [-0.1, -0.05) is 12.8 Å². The molecule has 1 saturated heterocycles. The third kappa shape index (κ3) is 4.26. The highest BCUT2D eigenvalue weighted by Crippen LogP contribution is 2.28. The predicted molar refractivity (Wildman–Crippen MR) is 109 cm³/mol. The van der Waals surface area contributed by atoms with Crippen molar-refractivity contribution in [3.8, 4) is 17.0 Å². The van der Waals surface area contributed by atoms with E-state index < -0.39 is 0 Å². The number of piperazine rings is 1. The fourth-order valence-corrected chi connectivity index (χ4v) is 4.19. The number of amides is 1. The van der Waals surface area contributed by atoms with Gasteiger partial charge < -0.3 is 14.5 Å². The number of ether oxygens (including phenoxy) is 1. The van der Waals surface area contributed by atoms with E-state index in [9.17, 15) is 4.79 Å². The second-order valence-corrected chi connectivity index (χ2v) is 7.73. The molecular formula is C22H28N4O2. The zero-order valence-electron chi connectivity index (χ0n) is 16.5. The molecule has 6 heteroatoms. The lowest BCUT2D eigenvalue weighted by Gasteiger charge is -2.35. The molecule has 0 N–H and O–H groups in total. The topological polar surface area (TPSA) is 58.6 Å². The molecule has 0 radical (unpaired) electrons.